The third-order valence-electron chi connectivity index (χ3n) is 4.37. The fourth-order valence-corrected chi connectivity index (χ4v) is 3.28. The molecule has 1 aromatic heterocycles. The molecule has 1 aromatic carbocycles. The predicted molar refractivity (Wildman–Crippen MR) is 82.4 cm³/mol. The molecular weight excluding hydrogens is 248 g/mol. The first kappa shape index (κ1) is 11.9. The molecule has 0 spiro atoms. The molecule has 0 radical (unpaired) electrons. The zero-order valence-electron chi connectivity index (χ0n) is 11.8. The number of benzene rings is 1. The van der Waals surface area contributed by atoms with Crippen molar-refractivity contribution in [3.05, 3.63) is 24.3 Å². The van der Waals surface area contributed by atoms with Gasteiger partial charge in [0.05, 0.1) is 5.52 Å². The van der Waals surface area contributed by atoms with E-state index in [1.807, 2.05) is 0 Å². The fraction of sp³-hybridized carbons (Fsp3) is 0.500. The SMILES string of the molecule is c1ccc2c(N3CCCC3)nc(N3CCCC3)nc2c1. The second-order valence-electron chi connectivity index (χ2n) is 5.75. The summed E-state index contributed by atoms with van der Waals surface area (Å²) in [5, 5.41) is 1.19. The molecule has 2 saturated heterocycles. The Kier molecular flexibility index (Phi) is 2.94. The Hall–Kier alpha value is -1.84. The van der Waals surface area contributed by atoms with Crippen molar-refractivity contribution in [2.24, 2.45) is 0 Å². The highest BCUT2D eigenvalue weighted by molar-refractivity contribution is 5.90. The molecular formula is C16H20N4. The van der Waals surface area contributed by atoms with Crippen LogP contribution in [0.1, 0.15) is 25.7 Å². The van der Waals surface area contributed by atoms with Gasteiger partial charge in [-0.1, -0.05) is 12.1 Å². The monoisotopic (exact) mass is 268 g/mol. The molecule has 2 fully saturated rings. The van der Waals surface area contributed by atoms with Crippen LogP contribution in [0.3, 0.4) is 0 Å². The van der Waals surface area contributed by atoms with Crippen LogP contribution in [0.5, 0.6) is 0 Å². The summed E-state index contributed by atoms with van der Waals surface area (Å²) in [7, 11) is 0. The second kappa shape index (κ2) is 4.93. The molecule has 4 rings (SSSR count). The van der Waals surface area contributed by atoms with E-state index in [1.165, 1.54) is 31.1 Å². The third kappa shape index (κ3) is 1.99. The quantitative estimate of drug-likeness (QED) is 0.838. The summed E-state index contributed by atoms with van der Waals surface area (Å²) < 4.78 is 0. The average Bonchev–Trinajstić information content (AvgIpc) is 3.19. The average molecular weight is 268 g/mol. The third-order valence-corrected chi connectivity index (χ3v) is 4.37. The first-order chi connectivity index (χ1) is 9.92. The first-order valence-corrected chi connectivity index (χ1v) is 7.68. The minimum atomic E-state index is 0.920. The van der Waals surface area contributed by atoms with Gasteiger partial charge in [0, 0.05) is 31.6 Å². The zero-order chi connectivity index (χ0) is 13.4. The number of anilines is 2. The fourth-order valence-electron chi connectivity index (χ4n) is 3.28. The van der Waals surface area contributed by atoms with Crippen LogP contribution >= 0.6 is 0 Å². The van der Waals surface area contributed by atoms with Crippen LogP contribution < -0.4 is 9.80 Å². The Labute approximate surface area is 119 Å². The summed E-state index contributed by atoms with van der Waals surface area (Å²) >= 11 is 0. The van der Waals surface area contributed by atoms with Gasteiger partial charge in [0.25, 0.3) is 0 Å². The zero-order valence-corrected chi connectivity index (χ0v) is 11.8. The van der Waals surface area contributed by atoms with Gasteiger partial charge in [0.1, 0.15) is 5.82 Å². The molecule has 0 aliphatic carbocycles. The van der Waals surface area contributed by atoms with E-state index in [2.05, 4.69) is 34.1 Å². The molecule has 0 amide bonds. The smallest absolute Gasteiger partial charge is 0.227 e. The Balaban J connectivity index is 1.85. The number of rotatable bonds is 2. The molecule has 0 unspecified atom stereocenters. The molecule has 4 heteroatoms. The van der Waals surface area contributed by atoms with Crippen molar-refractivity contribution in [1.82, 2.24) is 9.97 Å². The van der Waals surface area contributed by atoms with Crippen LogP contribution in [0.15, 0.2) is 24.3 Å². The van der Waals surface area contributed by atoms with Crippen molar-refractivity contribution in [2.45, 2.75) is 25.7 Å². The van der Waals surface area contributed by atoms with Crippen molar-refractivity contribution in [3.8, 4) is 0 Å². The van der Waals surface area contributed by atoms with Crippen LogP contribution in [-0.4, -0.2) is 36.1 Å². The summed E-state index contributed by atoms with van der Waals surface area (Å²) in [5.41, 5.74) is 1.08. The van der Waals surface area contributed by atoms with Gasteiger partial charge in [-0.25, -0.2) is 4.98 Å². The topological polar surface area (TPSA) is 32.3 Å². The number of fused-ring (bicyclic) bond motifs is 1. The molecule has 0 atom stereocenters. The van der Waals surface area contributed by atoms with E-state index in [-0.39, 0.29) is 0 Å². The Morgan fingerprint density at radius 2 is 1.40 bits per heavy atom. The minimum Gasteiger partial charge on any atom is -0.356 e. The lowest BCUT2D eigenvalue weighted by atomic mass is 10.2. The van der Waals surface area contributed by atoms with Gasteiger partial charge < -0.3 is 9.80 Å². The molecule has 3 heterocycles. The van der Waals surface area contributed by atoms with Crippen LogP contribution in [0.4, 0.5) is 11.8 Å². The maximum absolute atomic E-state index is 4.91. The van der Waals surface area contributed by atoms with Crippen molar-refractivity contribution in [1.29, 1.82) is 0 Å². The van der Waals surface area contributed by atoms with E-state index in [9.17, 15) is 0 Å². The van der Waals surface area contributed by atoms with E-state index in [4.69, 9.17) is 9.97 Å². The van der Waals surface area contributed by atoms with Gasteiger partial charge in [-0.05, 0) is 37.8 Å². The van der Waals surface area contributed by atoms with E-state index in [1.54, 1.807) is 0 Å². The summed E-state index contributed by atoms with van der Waals surface area (Å²) in [6.07, 6.45) is 5.07. The van der Waals surface area contributed by atoms with Crippen molar-refractivity contribution in [2.75, 3.05) is 36.0 Å². The lowest BCUT2D eigenvalue weighted by Crippen LogP contribution is -2.24. The van der Waals surface area contributed by atoms with Gasteiger partial charge in [-0.3, -0.25) is 0 Å². The van der Waals surface area contributed by atoms with Gasteiger partial charge in [-0.15, -0.1) is 0 Å². The molecule has 4 nitrogen and oxygen atoms in total. The van der Waals surface area contributed by atoms with Gasteiger partial charge in [0.15, 0.2) is 0 Å². The highest BCUT2D eigenvalue weighted by Gasteiger charge is 2.21. The second-order valence-corrected chi connectivity index (χ2v) is 5.75. The van der Waals surface area contributed by atoms with E-state index >= 15 is 0 Å². The van der Waals surface area contributed by atoms with E-state index in [0.717, 1.165) is 43.5 Å². The van der Waals surface area contributed by atoms with Crippen molar-refractivity contribution < 1.29 is 0 Å². The van der Waals surface area contributed by atoms with Crippen molar-refractivity contribution in [3.63, 3.8) is 0 Å². The molecule has 2 aliphatic rings. The highest BCUT2D eigenvalue weighted by Crippen LogP contribution is 2.29. The summed E-state index contributed by atoms with van der Waals surface area (Å²) in [6.45, 7) is 4.44. The largest absolute Gasteiger partial charge is 0.356 e. The molecule has 0 bridgehead atoms. The molecule has 0 saturated carbocycles. The van der Waals surface area contributed by atoms with Crippen LogP contribution in [0.25, 0.3) is 10.9 Å². The lowest BCUT2D eigenvalue weighted by molar-refractivity contribution is 0.883. The normalized spacial score (nSPS) is 19.2. The summed E-state index contributed by atoms with van der Waals surface area (Å²) in [5.74, 6) is 2.05. The molecule has 104 valence electrons. The number of para-hydroxylation sites is 1. The van der Waals surface area contributed by atoms with E-state index < -0.39 is 0 Å². The number of aromatic nitrogens is 2. The summed E-state index contributed by atoms with van der Waals surface area (Å²) in [6, 6.07) is 8.41. The van der Waals surface area contributed by atoms with Gasteiger partial charge in [-0.2, -0.15) is 4.98 Å². The Bertz CT molecular complexity index is 613. The molecule has 2 aromatic rings. The summed E-state index contributed by atoms with van der Waals surface area (Å²) in [4.78, 5) is 14.4. The molecule has 2 aliphatic heterocycles. The maximum Gasteiger partial charge on any atom is 0.227 e. The Morgan fingerprint density at radius 1 is 0.750 bits per heavy atom. The van der Waals surface area contributed by atoms with E-state index in [0.29, 0.717) is 0 Å². The highest BCUT2D eigenvalue weighted by atomic mass is 15.3. The van der Waals surface area contributed by atoms with Gasteiger partial charge >= 0.3 is 0 Å². The van der Waals surface area contributed by atoms with Crippen LogP contribution in [-0.2, 0) is 0 Å². The molecule has 0 N–H and O–H groups in total. The standard InChI is InChI=1S/C16H20N4/c1-2-8-14-13(7-1)15(19-9-3-4-10-19)18-16(17-14)20-11-5-6-12-20/h1-2,7-8H,3-6,9-12H2. The predicted octanol–water partition coefficient (Wildman–Crippen LogP) is 2.83. The maximum atomic E-state index is 4.91. The minimum absolute atomic E-state index is 0.920. The first-order valence-electron chi connectivity index (χ1n) is 7.68. The lowest BCUT2D eigenvalue weighted by Gasteiger charge is -2.22. The Morgan fingerprint density at radius 3 is 2.15 bits per heavy atom. The van der Waals surface area contributed by atoms with Gasteiger partial charge in [0.2, 0.25) is 5.95 Å². The van der Waals surface area contributed by atoms with Crippen LogP contribution in [0.2, 0.25) is 0 Å². The molecule has 20 heavy (non-hydrogen) atoms. The number of hydrogen-bond donors (Lipinski definition) is 0. The van der Waals surface area contributed by atoms with Crippen molar-refractivity contribution >= 4 is 22.7 Å². The number of hydrogen-bond acceptors (Lipinski definition) is 4. The van der Waals surface area contributed by atoms with Crippen LogP contribution in [0, 0.1) is 0 Å². The number of nitrogens with zero attached hydrogens (tertiary/aromatic N) is 4.